The number of methoxy groups -OCH3 is 1. The third kappa shape index (κ3) is 3.75. The number of aromatic amines is 2. The number of hydrogen-bond donors (Lipinski definition) is 3. The number of H-pyrrole nitrogens is 2. The van der Waals surface area contributed by atoms with Gasteiger partial charge in [-0.3, -0.25) is 4.79 Å². The minimum atomic E-state index is -4.57. The fourth-order valence-corrected chi connectivity index (χ4v) is 3.19. The number of halogens is 3. The first kappa shape index (κ1) is 18.9. The van der Waals surface area contributed by atoms with Crippen molar-refractivity contribution in [3.05, 3.63) is 59.5 Å². The van der Waals surface area contributed by atoms with Crippen LogP contribution in [0.4, 0.5) is 13.2 Å². The summed E-state index contributed by atoms with van der Waals surface area (Å²) in [6, 6.07) is 9.92. The number of benzene rings is 2. The van der Waals surface area contributed by atoms with Crippen molar-refractivity contribution in [2.24, 2.45) is 0 Å². The lowest BCUT2D eigenvalue weighted by atomic mass is 10.1. The van der Waals surface area contributed by atoms with Gasteiger partial charge in [0.2, 0.25) is 5.82 Å². The number of carbonyl (C=O) groups excluding carboxylic acids is 1. The Morgan fingerprint density at radius 1 is 1.17 bits per heavy atom. The number of amides is 1. The molecule has 0 saturated carbocycles. The molecule has 6 nitrogen and oxygen atoms in total. The molecule has 150 valence electrons. The first-order chi connectivity index (χ1) is 13.8. The molecule has 29 heavy (non-hydrogen) atoms. The van der Waals surface area contributed by atoms with E-state index in [1.54, 1.807) is 7.11 Å². The minimum absolute atomic E-state index is 0.154. The normalized spacial score (nSPS) is 11.9. The van der Waals surface area contributed by atoms with Gasteiger partial charge in [-0.15, -0.1) is 0 Å². The number of ether oxygens (including phenoxy) is 1. The molecule has 1 amide bonds. The molecule has 0 aliphatic rings. The van der Waals surface area contributed by atoms with Crippen molar-refractivity contribution in [2.75, 3.05) is 13.7 Å². The fourth-order valence-electron chi connectivity index (χ4n) is 3.19. The number of alkyl halides is 3. The van der Waals surface area contributed by atoms with E-state index in [-0.39, 0.29) is 22.5 Å². The maximum atomic E-state index is 12.8. The summed E-state index contributed by atoms with van der Waals surface area (Å²) in [5.74, 6) is -0.708. The number of nitrogens with zero attached hydrogens (tertiary/aromatic N) is 1. The van der Waals surface area contributed by atoms with Crippen LogP contribution >= 0.6 is 0 Å². The average Bonchev–Trinajstić information content (AvgIpc) is 3.30. The minimum Gasteiger partial charge on any atom is -0.497 e. The van der Waals surface area contributed by atoms with Gasteiger partial charge in [0.25, 0.3) is 5.91 Å². The number of rotatable bonds is 5. The lowest BCUT2D eigenvalue weighted by Gasteiger charge is -2.06. The van der Waals surface area contributed by atoms with Gasteiger partial charge in [-0.2, -0.15) is 13.2 Å². The van der Waals surface area contributed by atoms with Crippen LogP contribution < -0.4 is 10.1 Å². The molecule has 0 aliphatic heterocycles. The van der Waals surface area contributed by atoms with Crippen LogP contribution in [0, 0.1) is 0 Å². The van der Waals surface area contributed by atoms with E-state index in [1.165, 1.54) is 18.2 Å². The topological polar surface area (TPSA) is 82.8 Å². The smallest absolute Gasteiger partial charge is 0.449 e. The maximum absolute atomic E-state index is 12.8. The Hall–Kier alpha value is -3.49. The summed E-state index contributed by atoms with van der Waals surface area (Å²) < 4.78 is 43.5. The molecule has 0 unspecified atom stereocenters. The first-order valence-electron chi connectivity index (χ1n) is 8.84. The van der Waals surface area contributed by atoms with Crippen molar-refractivity contribution in [1.29, 1.82) is 0 Å². The van der Waals surface area contributed by atoms with Crippen LogP contribution in [0.2, 0.25) is 0 Å². The van der Waals surface area contributed by atoms with Crippen molar-refractivity contribution < 1.29 is 22.7 Å². The average molecular weight is 402 g/mol. The predicted octanol–water partition coefficient (Wildman–Crippen LogP) is 4.04. The molecule has 0 saturated heterocycles. The Bertz CT molecular complexity index is 1190. The molecule has 4 aromatic rings. The highest BCUT2D eigenvalue weighted by Gasteiger charge is 2.34. The van der Waals surface area contributed by atoms with E-state index in [0.717, 1.165) is 22.2 Å². The Kier molecular flexibility index (Phi) is 4.65. The maximum Gasteiger partial charge on any atom is 0.449 e. The van der Waals surface area contributed by atoms with Crippen LogP contribution in [0.5, 0.6) is 5.75 Å². The van der Waals surface area contributed by atoms with Crippen molar-refractivity contribution in [2.45, 2.75) is 12.6 Å². The molecule has 4 rings (SSSR count). The van der Waals surface area contributed by atoms with Gasteiger partial charge in [0.1, 0.15) is 5.75 Å². The van der Waals surface area contributed by atoms with E-state index >= 15 is 0 Å². The Balaban J connectivity index is 1.44. The molecule has 2 aromatic carbocycles. The highest BCUT2D eigenvalue weighted by atomic mass is 19.4. The number of aromatic nitrogens is 3. The van der Waals surface area contributed by atoms with Crippen molar-refractivity contribution in [3.63, 3.8) is 0 Å². The summed E-state index contributed by atoms with van der Waals surface area (Å²) in [5, 5.41) is 3.80. The van der Waals surface area contributed by atoms with E-state index in [9.17, 15) is 18.0 Å². The molecule has 2 aromatic heterocycles. The molecule has 0 spiro atoms. The first-order valence-corrected chi connectivity index (χ1v) is 8.84. The third-order valence-corrected chi connectivity index (χ3v) is 4.67. The van der Waals surface area contributed by atoms with Gasteiger partial charge in [0.15, 0.2) is 0 Å². The fraction of sp³-hybridized carbons (Fsp3) is 0.200. The SMILES string of the molecule is COc1ccc2[nH]cc(CCNC(=O)c3ccc4nc(C(F)(F)F)[nH]c4c3)c2c1. The number of hydrogen-bond acceptors (Lipinski definition) is 3. The Labute approximate surface area is 163 Å². The molecule has 0 fully saturated rings. The molecule has 9 heteroatoms. The highest BCUT2D eigenvalue weighted by Crippen LogP contribution is 2.28. The zero-order valence-electron chi connectivity index (χ0n) is 15.4. The second kappa shape index (κ2) is 7.16. The molecule has 0 bridgehead atoms. The summed E-state index contributed by atoms with van der Waals surface area (Å²) in [5.41, 5.74) is 2.57. The van der Waals surface area contributed by atoms with Gasteiger partial charge in [-0.1, -0.05) is 0 Å². The number of carbonyl (C=O) groups is 1. The zero-order valence-corrected chi connectivity index (χ0v) is 15.4. The van der Waals surface area contributed by atoms with Crippen LogP contribution in [-0.2, 0) is 12.6 Å². The third-order valence-electron chi connectivity index (χ3n) is 4.67. The largest absolute Gasteiger partial charge is 0.497 e. The Morgan fingerprint density at radius 3 is 2.76 bits per heavy atom. The van der Waals surface area contributed by atoms with E-state index in [2.05, 4.69) is 20.3 Å². The molecule has 3 N–H and O–H groups in total. The van der Waals surface area contributed by atoms with Gasteiger partial charge in [0.05, 0.1) is 18.1 Å². The van der Waals surface area contributed by atoms with Crippen LogP contribution in [-0.4, -0.2) is 34.5 Å². The number of imidazole rings is 1. The molecule has 0 aliphatic carbocycles. The molecule has 0 radical (unpaired) electrons. The van der Waals surface area contributed by atoms with E-state index < -0.39 is 12.0 Å². The second-order valence-electron chi connectivity index (χ2n) is 6.55. The number of nitrogens with one attached hydrogen (secondary N) is 3. The van der Waals surface area contributed by atoms with Crippen LogP contribution in [0.3, 0.4) is 0 Å². The summed E-state index contributed by atoms with van der Waals surface area (Å²) >= 11 is 0. The molecular formula is C20H17F3N4O2. The highest BCUT2D eigenvalue weighted by molar-refractivity contribution is 5.97. The Morgan fingerprint density at radius 2 is 2.00 bits per heavy atom. The van der Waals surface area contributed by atoms with Gasteiger partial charge >= 0.3 is 6.18 Å². The van der Waals surface area contributed by atoms with Gasteiger partial charge in [0, 0.05) is 29.2 Å². The summed E-state index contributed by atoms with van der Waals surface area (Å²) in [6.45, 7) is 0.373. The monoisotopic (exact) mass is 402 g/mol. The van der Waals surface area contributed by atoms with Crippen molar-refractivity contribution >= 4 is 27.8 Å². The van der Waals surface area contributed by atoms with E-state index in [1.807, 2.05) is 24.4 Å². The summed E-state index contributed by atoms with van der Waals surface area (Å²) in [6.07, 6.45) is -2.10. The quantitative estimate of drug-likeness (QED) is 0.471. The summed E-state index contributed by atoms with van der Waals surface area (Å²) in [4.78, 5) is 21.3. The van der Waals surface area contributed by atoms with E-state index in [4.69, 9.17) is 4.74 Å². The molecule has 2 heterocycles. The van der Waals surface area contributed by atoms with Crippen molar-refractivity contribution in [1.82, 2.24) is 20.3 Å². The second-order valence-corrected chi connectivity index (χ2v) is 6.55. The standard InChI is InChI=1S/C20H17F3N4O2/c1-29-13-3-5-15-14(9-13)12(10-25-15)6-7-24-18(28)11-2-4-16-17(8-11)27-19(26-16)20(21,22)23/h2-5,8-10,25H,6-7H2,1H3,(H,24,28)(H,26,27). The zero-order chi connectivity index (χ0) is 20.6. The van der Waals surface area contributed by atoms with Gasteiger partial charge in [-0.05, 0) is 48.4 Å². The number of fused-ring (bicyclic) bond motifs is 2. The predicted molar refractivity (Wildman–Crippen MR) is 102 cm³/mol. The van der Waals surface area contributed by atoms with Crippen LogP contribution in [0.15, 0.2) is 42.6 Å². The van der Waals surface area contributed by atoms with Gasteiger partial charge < -0.3 is 20.0 Å². The molecular weight excluding hydrogens is 385 g/mol. The summed E-state index contributed by atoms with van der Waals surface area (Å²) in [7, 11) is 1.60. The van der Waals surface area contributed by atoms with Crippen molar-refractivity contribution in [3.8, 4) is 5.75 Å². The van der Waals surface area contributed by atoms with Crippen LogP contribution in [0.1, 0.15) is 21.7 Å². The van der Waals surface area contributed by atoms with Gasteiger partial charge in [-0.25, -0.2) is 4.98 Å². The molecule has 0 atom stereocenters. The lowest BCUT2D eigenvalue weighted by molar-refractivity contribution is -0.144. The van der Waals surface area contributed by atoms with Crippen LogP contribution in [0.25, 0.3) is 21.9 Å². The lowest BCUT2D eigenvalue weighted by Crippen LogP contribution is -2.25. The van der Waals surface area contributed by atoms with E-state index in [0.29, 0.717) is 13.0 Å².